The fraction of sp³-hybridized carbons (Fsp3) is 0.600. The van der Waals surface area contributed by atoms with Gasteiger partial charge in [0, 0.05) is 10.5 Å². The van der Waals surface area contributed by atoms with Gasteiger partial charge in [0.1, 0.15) is 5.82 Å². The van der Waals surface area contributed by atoms with Crippen LogP contribution in [0.2, 0.25) is 0 Å². The molecule has 1 aromatic rings. The smallest absolute Gasteiger partial charge is 0.124 e. The zero-order chi connectivity index (χ0) is 13.0. The molecule has 0 spiro atoms. The average molecular weight is 314 g/mol. The third kappa shape index (κ3) is 3.55. The minimum absolute atomic E-state index is 0.179. The Bertz CT molecular complexity index is 388. The number of hydrogen-bond donors (Lipinski definition) is 1. The molecule has 1 N–H and O–H groups in total. The van der Waals surface area contributed by atoms with E-state index in [-0.39, 0.29) is 5.82 Å². The SMILES string of the molecule is CCNC(CC1CCCC1)c1ccc(F)cc1Br. The van der Waals surface area contributed by atoms with Crippen LogP contribution < -0.4 is 5.32 Å². The van der Waals surface area contributed by atoms with Crippen LogP contribution in [0.25, 0.3) is 0 Å². The van der Waals surface area contributed by atoms with Crippen molar-refractivity contribution in [1.82, 2.24) is 5.32 Å². The number of benzene rings is 1. The van der Waals surface area contributed by atoms with E-state index in [0.29, 0.717) is 6.04 Å². The van der Waals surface area contributed by atoms with E-state index in [9.17, 15) is 4.39 Å². The first-order chi connectivity index (χ1) is 8.70. The van der Waals surface area contributed by atoms with E-state index < -0.39 is 0 Å². The summed E-state index contributed by atoms with van der Waals surface area (Å²) < 4.78 is 14.0. The lowest BCUT2D eigenvalue weighted by atomic mass is 9.93. The minimum atomic E-state index is -0.179. The van der Waals surface area contributed by atoms with Crippen LogP contribution >= 0.6 is 15.9 Å². The van der Waals surface area contributed by atoms with E-state index in [1.165, 1.54) is 31.2 Å². The van der Waals surface area contributed by atoms with Crippen molar-refractivity contribution in [3.05, 3.63) is 34.1 Å². The van der Waals surface area contributed by atoms with Gasteiger partial charge in [-0.05, 0) is 36.6 Å². The quantitative estimate of drug-likeness (QED) is 0.821. The van der Waals surface area contributed by atoms with E-state index in [1.54, 1.807) is 12.1 Å². The summed E-state index contributed by atoms with van der Waals surface area (Å²) in [4.78, 5) is 0. The summed E-state index contributed by atoms with van der Waals surface area (Å²) in [6.07, 6.45) is 6.60. The third-order valence-corrected chi connectivity index (χ3v) is 4.52. The molecule has 1 unspecified atom stereocenters. The van der Waals surface area contributed by atoms with Gasteiger partial charge in [0.05, 0.1) is 0 Å². The molecular weight excluding hydrogens is 293 g/mol. The summed E-state index contributed by atoms with van der Waals surface area (Å²) >= 11 is 3.49. The van der Waals surface area contributed by atoms with Gasteiger partial charge in [0.15, 0.2) is 0 Å². The molecule has 1 fully saturated rings. The molecule has 0 radical (unpaired) electrons. The minimum Gasteiger partial charge on any atom is -0.310 e. The zero-order valence-electron chi connectivity index (χ0n) is 10.9. The van der Waals surface area contributed by atoms with Crippen molar-refractivity contribution in [2.45, 2.75) is 45.1 Å². The van der Waals surface area contributed by atoms with Crippen molar-refractivity contribution in [3.8, 4) is 0 Å². The maximum absolute atomic E-state index is 13.2. The Morgan fingerprint density at radius 2 is 2.11 bits per heavy atom. The highest BCUT2D eigenvalue weighted by atomic mass is 79.9. The first-order valence-corrected chi connectivity index (χ1v) is 7.68. The molecule has 0 aromatic heterocycles. The summed E-state index contributed by atoms with van der Waals surface area (Å²) in [7, 11) is 0. The largest absolute Gasteiger partial charge is 0.310 e. The number of rotatable bonds is 5. The highest BCUT2D eigenvalue weighted by Gasteiger charge is 2.22. The van der Waals surface area contributed by atoms with Gasteiger partial charge in [-0.15, -0.1) is 0 Å². The fourth-order valence-corrected chi connectivity index (χ4v) is 3.56. The Morgan fingerprint density at radius 3 is 2.72 bits per heavy atom. The Labute approximate surface area is 117 Å². The maximum Gasteiger partial charge on any atom is 0.124 e. The molecule has 0 amide bonds. The monoisotopic (exact) mass is 313 g/mol. The molecule has 3 heteroatoms. The normalized spacial score (nSPS) is 18.2. The van der Waals surface area contributed by atoms with Gasteiger partial charge in [-0.1, -0.05) is 54.6 Å². The molecule has 0 saturated heterocycles. The van der Waals surface area contributed by atoms with Crippen molar-refractivity contribution in [3.63, 3.8) is 0 Å². The standard InChI is InChI=1S/C15H21BrFN/c1-2-18-15(9-11-5-3-4-6-11)13-8-7-12(17)10-14(13)16/h7-8,10-11,15,18H,2-6,9H2,1H3. The van der Waals surface area contributed by atoms with Gasteiger partial charge < -0.3 is 5.32 Å². The van der Waals surface area contributed by atoms with E-state index in [1.807, 2.05) is 6.07 Å². The molecule has 0 heterocycles. The van der Waals surface area contributed by atoms with E-state index in [0.717, 1.165) is 23.4 Å². The van der Waals surface area contributed by atoms with Crippen LogP contribution in [0.15, 0.2) is 22.7 Å². The highest BCUT2D eigenvalue weighted by Crippen LogP contribution is 2.35. The topological polar surface area (TPSA) is 12.0 Å². The lowest BCUT2D eigenvalue weighted by Crippen LogP contribution is -2.23. The van der Waals surface area contributed by atoms with Crippen LogP contribution in [0, 0.1) is 11.7 Å². The van der Waals surface area contributed by atoms with Gasteiger partial charge in [-0.2, -0.15) is 0 Å². The number of nitrogens with one attached hydrogen (secondary N) is 1. The summed E-state index contributed by atoms with van der Waals surface area (Å²) in [5, 5.41) is 3.53. The third-order valence-electron chi connectivity index (χ3n) is 3.83. The molecule has 1 aliphatic rings. The fourth-order valence-electron chi connectivity index (χ4n) is 2.93. The molecule has 100 valence electrons. The van der Waals surface area contributed by atoms with Crippen LogP contribution in [0.1, 0.15) is 50.6 Å². The molecular formula is C15H21BrFN. The van der Waals surface area contributed by atoms with Crippen LogP contribution in [-0.4, -0.2) is 6.54 Å². The molecule has 1 aromatic carbocycles. The second-order valence-electron chi connectivity index (χ2n) is 5.16. The average Bonchev–Trinajstić information content (AvgIpc) is 2.81. The van der Waals surface area contributed by atoms with Gasteiger partial charge in [-0.25, -0.2) is 4.39 Å². The molecule has 18 heavy (non-hydrogen) atoms. The van der Waals surface area contributed by atoms with Crippen LogP contribution in [0.3, 0.4) is 0 Å². The summed E-state index contributed by atoms with van der Waals surface area (Å²) in [6.45, 7) is 3.07. The number of hydrogen-bond acceptors (Lipinski definition) is 1. The van der Waals surface area contributed by atoms with Crippen LogP contribution in [-0.2, 0) is 0 Å². The van der Waals surface area contributed by atoms with Crippen molar-refractivity contribution in [2.24, 2.45) is 5.92 Å². The van der Waals surface area contributed by atoms with Crippen molar-refractivity contribution in [1.29, 1.82) is 0 Å². The maximum atomic E-state index is 13.2. The van der Waals surface area contributed by atoms with Crippen molar-refractivity contribution >= 4 is 15.9 Å². The lowest BCUT2D eigenvalue weighted by Gasteiger charge is -2.23. The van der Waals surface area contributed by atoms with Gasteiger partial charge in [0.25, 0.3) is 0 Å². The Hall–Kier alpha value is -0.410. The predicted octanol–water partition coefficient (Wildman–Crippen LogP) is 4.82. The molecule has 0 aliphatic heterocycles. The van der Waals surface area contributed by atoms with Gasteiger partial charge in [-0.3, -0.25) is 0 Å². The van der Waals surface area contributed by atoms with Gasteiger partial charge >= 0.3 is 0 Å². The zero-order valence-corrected chi connectivity index (χ0v) is 12.5. The molecule has 1 saturated carbocycles. The predicted molar refractivity (Wildman–Crippen MR) is 77.1 cm³/mol. The van der Waals surface area contributed by atoms with E-state index in [2.05, 4.69) is 28.2 Å². The molecule has 1 nitrogen and oxygen atoms in total. The Morgan fingerprint density at radius 1 is 1.39 bits per heavy atom. The van der Waals surface area contributed by atoms with Crippen molar-refractivity contribution in [2.75, 3.05) is 6.54 Å². The molecule has 0 bridgehead atoms. The summed E-state index contributed by atoms with van der Waals surface area (Å²) in [6, 6.07) is 5.36. The number of halogens is 2. The van der Waals surface area contributed by atoms with Crippen LogP contribution in [0.4, 0.5) is 4.39 Å². The first kappa shape index (κ1) is 14.0. The van der Waals surface area contributed by atoms with E-state index >= 15 is 0 Å². The lowest BCUT2D eigenvalue weighted by molar-refractivity contribution is 0.399. The molecule has 2 rings (SSSR count). The second-order valence-corrected chi connectivity index (χ2v) is 6.02. The molecule has 1 aliphatic carbocycles. The molecule has 1 atom stereocenters. The second kappa shape index (κ2) is 6.67. The first-order valence-electron chi connectivity index (χ1n) is 6.89. The van der Waals surface area contributed by atoms with Crippen LogP contribution in [0.5, 0.6) is 0 Å². The van der Waals surface area contributed by atoms with E-state index in [4.69, 9.17) is 0 Å². The highest BCUT2D eigenvalue weighted by molar-refractivity contribution is 9.10. The van der Waals surface area contributed by atoms with Crippen molar-refractivity contribution < 1.29 is 4.39 Å². The van der Waals surface area contributed by atoms with Gasteiger partial charge in [0.2, 0.25) is 0 Å². The summed E-state index contributed by atoms with van der Waals surface area (Å²) in [5.74, 6) is 0.646. The Balaban J connectivity index is 2.12. The Kier molecular flexibility index (Phi) is 5.19. The summed E-state index contributed by atoms with van der Waals surface area (Å²) in [5.41, 5.74) is 1.19.